The smallest absolute Gasteiger partial charge is 0.328 e. The third-order valence-electron chi connectivity index (χ3n) is 6.29. The van der Waals surface area contributed by atoms with E-state index < -0.39 is 29.5 Å². The molecule has 0 radical (unpaired) electrons. The van der Waals surface area contributed by atoms with E-state index in [0.717, 1.165) is 35.3 Å². The Labute approximate surface area is 169 Å². The maximum Gasteiger partial charge on any atom is 0.328 e. The van der Waals surface area contributed by atoms with Crippen LogP contribution in [0.4, 0.5) is 4.79 Å². The SMILES string of the molecule is COC(=O)[C@H]1Cc2ccccc2CN1C(=O)CN1C(=O)NC2(CCCCC2)C1=O. The fraction of sp³-hybridized carbons (Fsp3) is 0.524. The van der Waals surface area contributed by atoms with Gasteiger partial charge in [-0.05, 0) is 24.0 Å². The predicted octanol–water partition coefficient (Wildman–Crippen LogP) is 1.37. The summed E-state index contributed by atoms with van der Waals surface area (Å²) in [5, 5.41) is 2.81. The van der Waals surface area contributed by atoms with Gasteiger partial charge in [-0.25, -0.2) is 9.59 Å². The van der Waals surface area contributed by atoms with Gasteiger partial charge < -0.3 is 15.0 Å². The molecule has 1 aromatic rings. The molecule has 1 saturated carbocycles. The van der Waals surface area contributed by atoms with E-state index in [0.29, 0.717) is 19.3 Å². The summed E-state index contributed by atoms with van der Waals surface area (Å²) in [5.74, 6) is -1.28. The number of carbonyl (C=O) groups excluding carboxylic acids is 4. The molecular weight excluding hydrogens is 374 g/mol. The molecule has 1 saturated heterocycles. The molecule has 0 bridgehead atoms. The lowest BCUT2D eigenvalue weighted by atomic mass is 9.82. The Hall–Kier alpha value is -2.90. The Kier molecular flexibility index (Phi) is 5.02. The van der Waals surface area contributed by atoms with Gasteiger partial charge in [0.25, 0.3) is 5.91 Å². The summed E-state index contributed by atoms with van der Waals surface area (Å²) in [6.45, 7) is -0.133. The molecule has 29 heavy (non-hydrogen) atoms. The van der Waals surface area contributed by atoms with Crippen LogP contribution in [-0.2, 0) is 32.1 Å². The summed E-state index contributed by atoms with van der Waals surface area (Å²) >= 11 is 0. The van der Waals surface area contributed by atoms with E-state index in [1.54, 1.807) is 0 Å². The lowest BCUT2D eigenvalue weighted by molar-refractivity contribution is -0.154. The van der Waals surface area contributed by atoms with E-state index in [2.05, 4.69) is 5.32 Å². The molecule has 3 aliphatic rings. The number of nitrogens with one attached hydrogen (secondary N) is 1. The second-order valence-corrected chi connectivity index (χ2v) is 8.00. The van der Waals surface area contributed by atoms with Crippen LogP contribution in [0.5, 0.6) is 0 Å². The zero-order chi connectivity index (χ0) is 20.6. The van der Waals surface area contributed by atoms with E-state index in [1.165, 1.54) is 12.0 Å². The lowest BCUT2D eigenvalue weighted by Crippen LogP contribution is -2.53. The number of hydrogen-bond donors (Lipinski definition) is 1. The number of benzene rings is 1. The molecular formula is C21H25N3O5. The number of rotatable bonds is 3. The molecule has 1 aromatic carbocycles. The summed E-state index contributed by atoms with van der Waals surface area (Å²) in [4.78, 5) is 53.3. The molecule has 2 aliphatic heterocycles. The monoisotopic (exact) mass is 399 g/mol. The van der Waals surface area contributed by atoms with Crippen molar-refractivity contribution in [1.29, 1.82) is 0 Å². The first kappa shape index (κ1) is 19.4. The maximum absolute atomic E-state index is 13.1. The van der Waals surface area contributed by atoms with Crippen LogP contribution in [0.15, 0.2) is 24.3 Å². The Morgan fingerprint density at radius 3 is 2.52 bits per heavy atom. The van der Waals surface area contributed by atoms with Gasteiger partial charge >= 0.3 is 12.0 Å². The molecule has 1 atom stereocenters. The first-order valence-electron chi connectivity index (χ1n) is 10.0. The molecule has 2 fully saturated rings. The summed E-state index contributed by atoms with van der Waals surface area (Å²) in [6, 6.07) is 6.31. The number of carbonyl (C=O) groups is 4. The number of esters is 1. The van der Waals surface area contributed by atoms with Crippen molar-refractivity contribution < 1.29 is 23.9 Å². The number of imide groups is 1. The minimum absolute atomic E-state index is 0.240. The van der Waals surface area contributed by atoms with Crippen molar-refractivity contribution in [2.45, 2.75) is 56.7 Å². The molecule has 8 heteroatoms. The van der Waals surface area contributed by atoms with Crippen LogP contribution in [0, 0.1) is 0 Å². The number of fused-ring (bicyclic) bond motifs is 1. The van der Waals surface area contributed by atoms with Crippen LogP contribution in [0.25, 0.3) is 0 Å². The average Bonchev–Trinajstić information content (AvgIpc) is 2.96. The number of ether oxygens (including phenoxy) is 1. The van der Waals surface area contributed by atoms with Gasteiger partial charge in [0, 0.05) is 13.0 Å². The van der Waals surface area contributed by atoms with Crippen molar-refractivity contribution in [2.24, 2.45) is 0 Å². The fourth-order valence-electron chi connectivity index (χ4n) is 4.67. The largest absolute Gasteiger partial charge is 0.467 e. The van der Waals surface area contributed by atoms with E-state index in [-0.39, 0.29) is 19.0 Å². The van der Waals surface area contributed by atoms with Gasteiger partial charge in [0.2, 0.25) is 5.91 Å². The van der Waals surface area contributed by atoms with E-state index >= 15 is 0 Å². The van der Waals surface area contributed by atoms with Gasteiger partial charge in [-0.3, -0.25) is 14.5 Å². The van der Waals surface area contributed by atoms with Crippen molar-refractivity contribution in [3.05, 3.63) is 35.4 Å². The first-order chi connectivity index (χ1) is 13.9. The second-order valence-electron chi connectivity index (χ2n) is 8.00. The Morgan fingerprint density at radius 1 is 1.14 bits per heavy atom. The number of hydrogen-bond acceptors (Lipinski definition) is 5. The van der Waals surface area contributed by atoms with Gasteiger partial charge in [-0.2, -0.15) is 0 Å². The van der Waals surface area contributed by atoms with Crippen molar-refractivity contribution in [2.75, 3.05) is 13.7 Å². The minimum atomic E-state index is -0.869. The van der Waals surface area contributed by atoms with Crippen LogP contribution in [0.3, 0.4) is 0 Å². The maximum atomic E-state index is 13.1. The first-order valence-corrected chi connectivity index (χ1v) is 10.0. The van der Waals surface area contributed by atoms with Crippen molar-refractivity contribution >= 4 is 23.8 Å². The zero-order valence-corrected chi connectivity index (χ0v) is 16.5. The van der Waals surface area contributed by atoms with Crippen LogP contribution in [-0.4, -0.2) is 58.8 Å². The molecule has 4 rings (SSSR count). The Morgan fingerprint density at radius 2 is 1.83 bits per heavy atom. The number of urea groups is 1. The van der Waals surface area contributed by atoms with Gasteiger partial charge in [-0.1, -0.05) is 43.5 Å². The average molecular weight is 399 g/mol. The summed E-state index contributed by atoms with van der Waals surface area (Å²) < 4.78 is 4.89. The van der Waals surface area contributed by atoms with Gasteiger partial charge in [0.1, 0.15) is 18.1 Å². The summed E-state index contributed by atoms with van der Waals surface area (Å²) in [5.41, 5.74) is 1.07. The van der Waals surface area contributed by atoms with E-state index in [1.807, 2.05) is 24.3 Å². The molecule has 0 aromatic heterocycles. The van der Waals surface area contributed by atoms with E-state index in [4.69, 9.17) is 4.74 Å². The van der Waals surface area contributed by atoms with Crippen molar-refractivity contribution in [1.82, 2.24) is 15.1 Å². The Balaban J connectivity index is 1.54. The van der Waals surface area contributed by atoms with Crippen LogP contribution < -0.4 is 5.32 Å². The van der Waals surface area contributed by atoms with Crippen LogP contribution in [0.2, 0.25) is 0 Å². The summed E-state index contributed by atoms with van der Waals surface area (Å²) in [6.07, 6.45) is 4.34. The number of nitrogens with zero attached hydrogens (tertiary/aromatic N) is 2. The van der Waals surface area contributed by atoms with Crippen molar-refractivity contribution in [3.8, 4) is 0 Å². The van der Waals surface area contributed by atoms with Gasteiger partial charge in [0.05, 0.1) is 7.11 Å². The van der Waals surface area contributed by atoms with Gasteiger partial charge in [0.15, 0.2) is 0 Å². The predicted molar refractivity (Wildman–Crippen MR) is 103 cm³/mol. The standard InChI is InChI=1S/C21H25N3O5/c1-29-18(26)16-11-14-7-3-4-8-15(14)12-23(16)17(25)13-24-19(27)21(22-20(24)28)9-5-2-6-10-21/h3-4,7-8,16H,2,5-6,9-13H2,1H3,(H,22,28)/t16-/m1/s1. The normalized spacial score (nSPS) is 23.0. The molecule has 1 spiro atoms. The third kappa shape index (κ3) is 3.36. The minimum Gasteiger partial charge on any atom is -0.467 e. The van der Waals surface area contributed by atoms with Crippen LogP contribution >= 0.6 is 0 Å². The molecule has 8 nitrogen and oxygen atoms in total. The molecule has 1 N–H and O–H groups in total. The highest BCUT2D eigenvalue weighted by molar-refractivity contribution is 6.09. The molecule has 1 aliphatic carbocycles. The summed E-state index contributed by atoms with van der Waals surface area (Å²) in [7, 11) is 1.29. The highest BCUT2D eigenvalue weighted by Crippen LogP contribution is 2.34. The highest BCUT2D eigenvalue weighted by Gasteiger charge is 2.52. The lowest BCUT2D eigenvalue weighted by Gasteiger charge is -2.36. The number of amides is 4. The molecule has 154 valence electrons. The highest BCUT2D eigenvalue weighted by atomic mass is 16.5. The van der Waals surface area contributed by atoms with Gasteiger partial charge in [-0.15, -0.1) is 0 Å². The topological polar surface area (TPSA) is 96.0 Å². The van der Waals surface area contributed by atoms with Crippen molar-refractivity contribution in [3.63, 3.8) is 0 Å². The molecule has 0 unspecified atom stereocenters. The quantitative estimate of drug-likeness (QED) is 0.612. The fourth-order valence-corrected chi connectivity index (χ4v) is 4.67. The van der Waals surface area contributed by atoms with Crippen LogP contribution in [0.1, 0.15) is 43.2 Å². The molecule has 2 heterocycles. The number of methoxy groups -OCH3 is 1. The zero-order valence-electron chi connectivity index (χ0n) is 16.5. The Bertz CT molecular complexity index is 862. The molecule has 4 amide bonds. The second kappa shape index (κ2) is 7.50. The third-order valence-corrected chi connectivity index (χ3v) is 6.29. The van der Waals surface area contributed by atoms with E-state index in [9.17, 15) is 19.2 Å².